The summed E-state index contributed by atoms with van der Waals surface area (Å²) in [5.41, 5.74) is -0.193. The first-order chi connectivity index (χ1) is 9.18. The molecule has 2 unspecified atom stereocenters. The zero-order chi connectivity index (χ0) is 13.9. The van der Waals surface area contributed by atoms with Gasteiger partial charge >= 0.3 is 0 Å². The minimum Gasteiger partial charge on any atom is -0.323 e. The molecule has 1 saturated heterocycles. The zero-order valence-electron chi connectivity index (χ0n) is 12.9. The number of hydrogen-bond acceptors (Lipinski definition) is 2. The summed E-state index contributed by atoms with van der Waals surface area (Å²) in [7, 11) is 0. The van der Waals surface area contributed by atoms with E-state index in [2.05, 4.69) is 31.0 Å². The van der Waals surface area contributed by atoms with Crippen molar-refractivity contribution in [3.05, 3.63) is 0 Å². The molecule has 2 aliphatic rings. The largest absolute Gasteiger partial charge is 0.323 e. The van der Waals surface area contributed by atoms with E-state index in [1.165, 1.54) is 12.8 Å². The van der Waals surface area contributed by atoms with E-state index in [4.69, 9.17) is 0 Å². The summed E-state index contributed by atoms with van der Waals surface area (Å²) in [6.07, 6.45) is 10.4. The standard InChI is InChI=1S/C16H30N2O/c1-4-9-13(6-3)18-14(10-5-2)17-16(15(18)19)11-7-8-12-16/h13-14,17H,4-12H2,1-3H3. The summed E-state index contributed by atoms with van der Waals surface area (Å²) in [6, 6.07) is 0.432. The van der Waals surface area contributed by atoms with Crippen LogP contribution in [0.15, 0.2) is 0 Å². The average molecular weight is 266 g/mol. The second kappa shape index (κ2) is 6.25. The van der Waals surface area contributed by atoms with Crippen LogP contribution in [-0.4, -0.2) is 28.6 Å². The Morgan fingerprint density at radius 1 is 1.26 bits per heavy atom. The molecule has 1 spiro atoms. The van der Waals surface area contributed by atoms with Gasteiger partial charge in [-0.05, 0) is 32.1 Å². The van der Waals surface area contributed by atoms with Crippen LogP contribution in [0.1, 0.15) is 78.6 Å². The number of amides is 1. The van der Waals surface area contributed by atoms with Crippen molar-refractivity contribution >= 4 is 5.91 Å². The molecule has 1 heterocycles. The Morgan fingerprint density at radius 2 is 1.95 bits per heavy atom. The maximum absolute atomic E-state index is 13.0. The van der Waals surface area contributed by atoms with Crippen LogP contribution >= 0.6 is 0 Å². The van der Waals surface area contributed by atoms with Crippen LogP contribution in [0.25, 0.3) is 0 Å². The van der Waals surface area contributed by atoms with Crippen LogP contribution in [0, 0.1) is 0 Å². The maximum atomic E-state index is 13.0. The van der Waals surface area contributed by atoms with Crippen molar-refractivity contribution in [1.82, 2.24) is 10.2 Å². The highest BCUT2D eigenvalue weighted by Crippen LogP contribution is 2.38. The fourth-order valence-corrected chi connectivity index (χ4v) is 3.95. The molecule has 3 heteroatoms. The average Bonchev–Trinajstić information content (AvgIpc) is 2.96. The van der Waals surface area contributed by atoms with Crippen molar-refractivity contribution in [2.75, 3.05) is 0 Å². The lowest BCUT2D eigenvalue weighted by atomic mass is 9.97. The van der Waals surface area contributed by atoms with Crippen LogP contribution in [0.4, 0.5) is 0 Å². The Morgan fingerprint density at radius 3 is 2.47 bits per heavy atom. The number of rotatable bonds is 6. The molecule has 0 aromatic carbocycles. The molecule has 1 saturated carbocycles. The number of hydrogen-bond donors (Lipinski definition) is 1. The molecule has 2 fully saturated rings. The molecule has 2 atom stereocenters. The molecule has 0 aromatic heterocycles. The van der Waals surface area contributed by atoms with Crippen molar-refractivity contribution in [1.29, 1.82) is 0 Å². The predicted octanol–water partition coefficient (Wildman–Crippen LogP) is 3.44. The lowest BCUT2D eigenvalue weighted by Gasteiger charge is -2.32. The summed E-state index contributed by atoms with van der Waals surface area (Å²) >= 11 is 0. The Kier molecular flexibility index (Phi) is 4.88. The van der Waals surface area contributed by atoms with E-state index in [9.17, 15) is 4.79 Å². The highest BCUT2D eigenvalue weighted by molar-refractivity contribution is 5.89. The van der Waals surface area contributed by atoms with Crippen molar-refractivity contribution in [2.24, 2.45) is 0 Å². The summed E-state index contributed by atoms with van der Waals surface area (Å²) in [4.78, 5) is 15.2. The van der Waals surface area contributed by atoms with Crippen molar-refractivity contribution in [2.45, 2.75) is 96.3 Å². The molecular weight excluding hydrogens is 236 g/mol. The van der Waals surface area contributed by atoms with E-state index in [0.29, 0.717) is 11.9 Å². The number of nitrogens with one attached hydrogen (secondary N) is 1. The molecule has 0 radical (unpaired) electrons. The van der Waals surface area contributed by atoms with Gasteiger partial charge in [0.2, 0.25) is 5.91 Å². The first-order valence-electron chi connectivity index (χ1n) is 8.29. The van der Waals surface area contributed by atoms with E-state index < -0.39 is 0 Å². The minimum atomic E-state index is -0.193. The minimum absolute atomic E-state index is 0.193. The monoisotopic (exact) mass is 266 g/mol. The normalized spacial score (nSPS) is 27.4. The van der Waals surface area contributed by atoms with Gasteiger partial charge in [0.05, 0.1) is 11.7 Å². The maximum Gasteiger partial charge on any atom is 0.244 e. The van der Waals surface area contributed by atoms with Gasteiger partial charge in [-0.2, -0.15) is 0 Å². The highest BCUT2D eigenvalue weighted by atomic mass is 16.2. The van der Waals surface area contributed by atoms with Gasteiger partial charge in [-0.3, -0.25) is 10.1 Å². The van der Waals surface area contributed by atoms with Gasteiger partial charge in [0.15, 0.2) is 0 Å². The highest BCUT2D eigenvalue weighted by Gasteiger charge is 2.53. The molecule has 3 nitrogen and oxygen atoms in total. The zero-order valence-corrected chi connectivity index (χ0v) is 12.9. The predicted molar refractivity (Wildman–Crippen MR) is 78.9 cm³/mol. The van der Waals surface area contributed by atoms with Crippen LogP contribution in [0.5, 0.6) is 0 Å². The first kappa shape index (κ1) is 14.8. The van der Waals surface area contributed by atoms with E-state index in [0.717, 1.165) is 44.9 Å². The Balaban J connectivity index is 2.19. The lowest BCUT2D eigenvalue weighted by Crippen LogP contribution is -2.45. The van der Waals surface area contributed by atoms with Crippen LogP contribution in [0.3, 0.4) is 0 Å². The first-order valence-corrected chi connectivity index (χ1v) is 8.29. The Labute approximate surface area is 118 Å². The molecule has 1 aliphatic carbocycles. The van der Waals surface area contributed by atoms with Crippen LogP contribution in [0.2, 0.25) is 0 Å². The molecule has 19 heavy (non-hydrogen) atoms. The summed E-state index contributed by atoms with van der Waals surface area (Å²) in [5.74, 6) is 0.406. The van der Waals surface area contributed by atoms with Crippen molar-refractivity contribution in [3.8, 4) is 0 Å². The van der Waals surface area contributed by atoms with Gasteiger partial charge in [0, 0.05) is 6.04 Å². The van der Waals surface area contributed by atoms with E-state index in [-0.39, 0.29) is 11.7 Å². The third-order valence-corrected chi connectivity index (χ3v) is 4.93. The second-order valence-electron chi connectivity index (χ2n) is 6.30. The molecular formula is C16H30N2O. The fraction of sp³-hybridized carbons (Fsp3) is 0.938. The third kappa shape index (κ3) is 2.67. The van der Waals surface area contributed by atoms with Gasteiger partial charge in [0.25, 0.3) is 0 Å². The van der Waals surface area contributed by atoms with E-state index in [1.54, 1.807) is 0 Å². The molecule has 0 aromatic rings. The topological polar surface area (TPSA) is 32.3 Å². The molecule has 110 valence electrons. The van der Waals surface area contributed by atoms with E-state index in [1.807, 2.05) is 0 Å². The van der Waals surface area contributed by atoms with Crippen LogP contribution in [-0.2, 0) is 4.79 Å². The summed E-state index contributed by atoms with van der Waals surface area (Å²) in [6.45, 7) is 6.65. The molecule has 1 N–H and O–H groups in total. The van der Waals surface area contributed by atoms with Gasteiger partial charge in [-0.1, -0.05) is 46.5 Å². The fourth-order valence-electron chi connectivity index (χ4n) is 3.95. The van der Waals surface area contributed by atoms with Gasteiger partial charge in [-0.15, -0.1) is 0 Å². The molecule has 2 rings (SSSR count). The van der Waals surface area contributed by atoms with E-state index >= 15 is 0 Å². The number of carbonyl (C=O) groups is 1. The Bertz CT molecular complexity index is 310. The van der Waals surface area contributed by atoms with Gasteiger partial charge in [-0.25, -0.2) is 0 Å². The summed E-state index contributed by atoms with van der Waals surface area (Å²) in [5, 5.41) is 3.72. The second-order valence-corrected chi connectivity index (χ2v) is 6.30. The molecule has 1 amide bonds. The van der Waals surface area contributed by atoms with Crippen molar-refractivity contribution < 1.29 is 4.79 Å². The quantitative estimate of drug-likeness (QED) is 0.799. The van der Waals surface area contributed by atoms with Crippen molar-refractivity contribution in [3.63, 3.8) is 0 Å². The van der Waals surface area contributed by atoms with Crippen LogP contribution < -0.4 is 5.32 Å². The molecule has 0 bridgehead atoms. The van der Waals surface area contributed by atoms with Gasteiger partial charge < -0.3 is 4.90 Å². The van der Waals surface area contributed by atoms with Gasteiger partial charge in [0.1, 0.15) is 0 Å². The smallest absolute Gasteiger partial charge is 0.244 e. The summed E-state index contributed by atoms with van der Waals surface area (Å²) < 4.78 is 0. The third-order valence-electron chi connectivity index (χ3n) is 4.93. The molecule has 1 aliphatic heterocycles. The number of nitrogens with zero attached hydrogens (tertiary/aromatic N) is 1. The lowest BCUT2D eigenvalue weighted by molar-refractivity contribution is -0.135. The Hall–Kier alpha value is -0.570. The number of carbonyl (C=O) groups excluding carboxylic acids is 1. The SMILES string of the molecule is CCCC(CC)N1C(=O)C2(CCCC2)NC1CCC.